The van der Waals surface area contributed by atoms with Crippen LogP contribution >= 0.6 is 0 Å². The number of esters is 2. The van der Waals surface area contributed by atoms with E-state index in [0.717, 1.165) is 50.6 Å². The van der Waals surface area contributed by atoms with Crippen LogP contribution in [0.15, 0.2) is 0 Å². The largest absolute Gasteiger partial charge is 0.481 e. The number of carbonyl (C=O) groups is 4. The molecule has 0 aliphatic rings. The molecule has 2 N–H and O–H groups in total. The second kappa shape index (κ2) is 70.6. The first-order chi connectivity index (χ1) is 40.0. The molecule has 0 aromatic heterocycles. The van der Waals surface area contributed by atoms with Crippen LogP contribution in [0, 0.1) is 11.8 Å². The van der Waals surface area contributed by atoms with Gasteiger partial charge in [-0.2, -0.15) is 0 Å². The summed E-state index contributed by atoms with van der Waals surface area (Å²) >= 11 is 0. The van der Waals surface area contributed by atoms with Gasteiger partial charge in [0.2, 0.25) is 0 Å². The summed E-state index contributed by atoms with van der Waals surface area (Å²) in [5, 5.41) is 19.8. The molecule has 6 atom stereocenters. The molecule has 2 radical (unpaired) electrons. The maximum Gasteiger partial charge on any atom is 0.315 e. The molecule has 0 heterocycles. The maximum absolute atomic E-state index is 13.6. The van der Waals surface area contributed by atoms with Gasteiger partial charge in [-0.15, -0.1) is 0 Å². The van der Waals surface area contributed by atoms with Crippen LogP contribution in [0.4, 0.5) is 0 Å². The Morgan fingerprint density at radius 3 is 0.682 bits per heavy atom. The molecule has 0 saturated carbocycles. The number of carboxylic acid groups (broad SMARTS) is 2. The second-order valence-electron chi connectivity index (χ2n) is 32.3. The van der Waals surface area contributed by atoms with Crippen LogP contribution in [0.3, 0.4) is 0 Å². The van der Waals surface area contributed by atoms with Gasteiger partial charge in [0.25, 0.3) is 0 Å². The van der Waals surface area contributed by atoms with Gasteiger partial charge in [0.1, 0.15) is 0 Å². The van der Waals surface area contributed by atoms with Crippen molar-refractivity contribution < 1.29 is 188 Å². The first kappa shape index (κ1) is 159. The van der Waals surface area contributed by atoms with Gasteiger partial charge >= 0.3 is 83.8 Å². The van der Waals surface area contributed by atoms with Gasteiger partial charge in [0.15, 0.2) is 49.9 Å². The van der Waals surface area contributed by atoms with E-state index >= 15 is 0 Å². The van der Waals surface area contributed by atoms with Crippen LogP contribution in [0.2, 0.25) is 206 Å². The molecular formula is C72H192O18Si13W2Y2. The van der Waals surface area contributed by atoms with E-state index in [0.29, 0.717) is 62.7 Å². The molecule has 107 heavy (non-hydrogen) atoms. The summed E-state index contributed by atoms with van der Waals surface area (Å²) in [5.41, 5.74) is 0. The van der Waals surface area contributed by atoms with E-state index in [4.69, 9.17) is 50.6 Å². The third-order valence-corrected chi connectivity index (χ3v) is 62.2. The zero-order chi connectivity index (χ0) is 69.4. The molecule has 0 fully saturated rings. The van der Waals surface area contributed by atoms with Gasteiger partial charge in [0, 0.05) is 108 Å². The summed E-state index contributed by atoms with van der Waals surface area (Å²) in [6.45, 7) is 60.6. The Kier molecular flexibility index (Phi) is 105. The number of carboxylic acids is 2. The molecule has 0 bridgehead atoms. The summed E-state index contributed by atoms with van der Waals surface area (Å²) in [4.78, 5) is 51.5. The predicted octanol–water partition coefficient (Wildman–Crippen LogP) is 27.0. The fraction of sp³-hybridized carbons (Fsp3) is 0.944. The summed E-state index contributed by atoms with van der Waals surface area (Å²) in [5.74, 6) is -4.72. The Morgan fingerprint density at radius 1 is 0.280 bits per heavy atom. The molecule has 0 saturated heterocycles. The van der Waals surface area contributed by atoms with E-state index in [1.807, 2.05) is 0 Å². The fourth-order valence-corrected chi connectivity index (χ4v) is 73.7. The Labute approximate surface area is 764 Å². The number of hydrogen-bond donors (Lipinski definition) is 2. The molecule has 0 aliphatic heterocycles. The molecule has 0 aromatic rings. The number of ether oxygens (including phenoxy) is 2. The average molecular weight is 2260 g/mol. The van der Waals surface area contributed by atoms with Crippen LogP contribution < -0.4 is 0 Å². The van der Waals surface area contributed by atoms with E-state index in [-0.39, 0.29) is 238 Å². The first-order valence-corrected chi connectivity index (χ1v) is 72.2. The van der Waals surface area contributed by atoms with Crippen LogP contribution in [-0.4, -0.2) is 157 Å². The van der Waals surface area contributed by atoms with Gasteiger partial charge in [-0.1, -0.05) is 182 Å². The summed E-state index contributed by atoms with van der Waals surface area (Å²) in [6, 6.07) is 4.43. The van der Waals surface area contributed by atoms with Crippen molar-refractivity contribution in [2.24, 2.45) is 11.8 Å². The summed E-state index contributed by atoms with van der Waals surface area (Å²) in [7, 11) is -31.9. The van der Waals surface area contributed by atoms with Crippen molar-refractivity contribution in [3.63, 3.8) is 0 Å². The number of hydrogen-bond acceptors (Lipinski definition) is 16. The number of carbonyl (C=O) groups excluding carboxylic acids is 2. The van der Waals surface area contributed by atoms with Crippen molar-refractivity contribution in [1.29, 1.82) is 0 Å². The van der Waals surface area contributed by atoms with E-state index in [9.17, 15) is 29.4 Å². The Bertz CT molecular complexity index is 2000. The smallest absolute Gasteiger partial charge is 0.315 e. The Morgan fingerprint density at radius 2 is 0.486 bits per heavy atom. The molecular weight excluding hydrogens is 2060 g/mol. The first-order valence-electron chi connectivity index (χ1n) is 33.8. The molecule has 35 heteroatoms. The summed E-state index contributed by atoms with van der Waals surface area (Å²) < 4.78 is 81.2. The molecule has 658 valence electrons. The normalized spacial score (nSPS) is 14.2. The van der Waals surface area contributed by atoms with E-state index in [1.54, 1.807) is 0 Å². The van der Waals surface area contributed by atoms with E-state index in [2.05, 4.69) is 184 Å². The summed E-state index contributed by atoms with van der Waals surface area (Å²) in [6.07, 6.45) is 11.4. The fourth-order valence-electron chi connectivity index (χ4n) is 12.3. The molecule has 6 unspecified atom stereocenters. The quantitative estimate of drug-likeness (QED) is 0.0328. The molecule has 0 rings (SSSR count). The number of aliphatic carboxylic acids is 2. The van der Waals surface area contributed by atoms with Crippen molar-refractivity contribution in [3.8, 4) is 0 Å². The predicted molar refractivity (Wildman–Crippen MR) is 491 cm³/mol. The van der Waals surface area contributed by atoms with Crippen LogP contribution in [0.25, 0.3) is 0 Å². The Balaban J connectivity index is -0.000000253. The third-order valence-electron chi connectivity index (χ3n) is 14.2. The topological polar surface area (TPSA) is 219 Å². The average Bonchev–Trinajstić information content (AvgIpc) is 0.812. The number of rotatable bonds is 52. The Hall–Kier alpha value is 3.88. The van der Waals surface area contributed by atoms with Crippen LogP contribution in [-0.2, 0) is 177 Å². The van der Waals surface area contributed by atoms with Crippen molar-refractivity contribution >= 4 is 134 Å². The van der Waals surface area contributed by atoms with Crippen molar-refractivity contribution in [2.45, 2.75) is 427 Å². The molecule has 0 aromatic carbocycles. The SMILES string of the molecule is C.C.C.C.C.C.C.C.C.C.C.C.C.C.CCCCCC[Si](C)(O[Si](C)(C)C)O[Si](C)(C)O[Si](C)(CCCC(CC(=O)O)C(=O)OCCC[Si](C)(C)O[Si](C)(C)O[Si](C)(C)CCCOC(=O)C(CCC[Si](C)(O[Si](C)(C)C)O[Si](C)(C)O[Si](C)(CCCCCC)O[Si](C)(C)C)CC(=O)O)O[Si](C)(C)C.[W].[W].[Y].[Y]. The van der Waals surface area contributed by atoms with Gasteiger partial charge in [-0.05, 0) is 232 Å². The second-order valence-corrected chi connectivity index (χ2v) is 84.8. The third kappa shape index (κ3) is 83.3. The van der Waals surface area contributed by atoms with E-state index in [1.165, 1.54) is 12.8 Å². The van der Waals surface area contributed by atoms with Gasteiger partial charge < -0.3 is 60.8 Å². The van der Waals surface area contributed by atoms with Crippen LogP contribution in [0.1, 0.15) is 221 Å². The van der Waals surface area contributed by atoms with E-state index < -0.39 is 146 Å². The molecule has 0 spiro atoms. The maximum atomic E-state index is 13.6. The van der Waals surface area contributed by atoms with Gasteiger partial charge in [-0.25, -0.2) is 0 Å². The standard InChI is InChI=1S/C58H136O18Si13.14CH4.2W.2Y/c1-29-31-33-35-47-86(25,67-77(3,4)5)73-84(21,22)75-88(27,69-79(9,10)11)49-37-41-53(51-55(59)60)57(63)65-43-39-45-81(15,16)71-83(19,20)72-82(17,18)46-40-44-66-58(64)54(52-56(61)62)42-38-50-89(28,70-80(12,13)14)76-85(23,24)74-87(26,68-78(6,7)8)48-36-34-32-30-2;;;;;;;;;;;;;;;;;;/h53-54H,29-52H2,1-28H3,(H,59,60)(H,61,62);14*1H4;;;;. The minimum Gasteiger partial charge on any atom is -0.481 e. The van der Waals surface area contributed by atoms with Crippen molar-refractivity contribution in [1.82, 2.24) is 0 Å². The number of unbranched alkanes of at least 4 members (excludes halogenated alkanes) is 6. The van der Waals surface area contributed by atoms with Crippen molar-refractivity contribution in [3.05, 3.63) is 0 Å². The van der Waals surface area contributed by atoms with Crippen LogP contribution in [0.5, 0.6) is 0 Å². The zero-order valence-corrected chi connectivity index (χ0v) is 88.6. The minimum absolute atomic E-state index is 0. The zero-order valence-electron chi connectivity index (χ0n) is 64.0. The minimum atomic E-state index is -2.88. The van der Waals surface area contributed by atoms with Gasteiger partial charge in [-0.3, -0.25) is 19.2 Å². The molecule has 0 amide bonds. The monoisotopic (exact) mass is 2250 g/mol. The molecule has 18 nitrogen and oxygen atoms in total. The molecule has 0 aliphatic carbocycles. The van der Waals surface area contributed by atoms with Crippen molar-refractivity contribution in [2.75, 3.05) is 13.2 Å². The van der Waals surface area contributed by atoms with Gasteiger partial charge in [0.05, 0.1) is 37.9 Å².